The van der Waals surface area contributed by atoms with Crippen LogP contribution in [-0.4, -0.2) is 33.7 Å². The summed E-state index contributed by atoms with van der Waals surface area (Å²) in [4.78, 5) is 4.46. The third-order valence-electron chi connectivity index (χ3n) is 4.16. The number of ether oxygens (including phenoxy) is 3. The second-order valence-electron chi connectivity index (χ2n) is 6.08. The Morgan fingerprint density at radius 3 is 2.61 bits per heavy atom. The summed E-state index contributed by atoms with van der Waals surface area (Å²) in [6.07, 6.45) is 0. The number of hydrogen-bond donors (Lipinski definition) is 1. The lowest BCUT2D eigenvalue weighted by atomic mass is 10.2. The van der Waals surface area contributed by atoms with E-state index in [-0.39, 0.29) is 10.6 Å². The van der Waals surface area contributed by atoms with Crippen molar-refractivity contribution in [1.29, 1.82) is 0 Å². The van der Waals surface area contributed by atoms with Crippen molar-refractivity contribution in [2.75, 3.05) is 25.0 Å². The highest BCUT2D eigenvalue weighted by Crippen LogP contribution is 2.35. The maximum absolute atomic E-state index is 13.1. The first-order valence-corrected chi connectivity index (χ1v) is 10.9. The number of nitrogens with zero attached hydrogens (tertiary/aromatic N) is 1. The van der Waals surface area contributed by atoms with E-state index in [4.69, 9.17) is 14.2 Å². The van der Waals surface area contributed by atoms with E-state index >= 15 is 0 Å². The molecule has 146 valence electrons. The minimum Gasteiger partial charge on any atom is -0.495 e. The van der Waals surface area contributed by atoms with Crippen LogP contribution in [0.1, 0.15) is 5.01 Å². The molecule has 1 aliphatic rings. The molecule has 0 radical (unpaired) electrons. The number of hydrogen-bond acceptors (Lipinski definition) is 7. The molecule has 1 N–H and O–H groups in total. The van der Waals surface area contributed by atoms with E-state index in [1.807, 2.05) is 12.3 Å². The summed E-state index contributed by atoms with van der Waals surface area (Å²) in [5.41, 5.74) is 1.80. The van der Waals surface area contributed by atoms with Crippen LogP contribution in [0.15, 0.2) is 46.7 Å². The number of fused-ring (bicyclic) bond motifs is 1. The molecule has 0 saturated heterocycles. The van der Waals surface area contributed by atoms with Gasteiger partial charge in [0.25, 0.3) is 10.0 Å². The van der Waals surface area contributed by atoms with Crippen molar-refractivity contribution in [2.24, 2.45) is 0 Å². The topological polar surface area (TPSA) is 86.8 Å². The smallest absolute Gasteiger partial charge is 0.265 e. The maximum Gasteiger partial charge on any atom is 0.265 e. The first kappa shape index (κ1) is 18.6. The first-order chi connectivity index (χ1) is 13.5. The molecule has 0 bridgehead atoms. The Labute approximate surface area is 167 Å². The molecule has 9 heteroatoms. The molecule has 28 heavy (non-hydrogen) atoms. The van der Waals surface area contributed by atoms with Crippen LogP contribution in [0.3, 0.4) is 0 Å². The SMILES string of the molecule is COc1ccc(-c2csc(C)n2)cc1S(=O)(=O)Nc1ccc2c(c1)OCCO2. The lowest BCUT2D eigenvalue weighted by Gasteiger charge is -2.19. The number of benzene rings is 2. The summed E-state index contributed by atoms with van der Waals surface area (Å²) < 4.78 is 45.0. The number of aromatic nitrogens is 1. The largest absolute Gasteiger partial charge is 0.495 e. The van der Waals surface area contributed by atoms with Gasteiger partial charge in [-0.05, 0) is 37.3 Å². The van der Waals surface area contributed by atoms with Crippen molar-refractivity contribution in [1.82, 2.24) is 4.98 Å². The van der Waals surface area contributed by atoms with Gasteiger partial charge in [-0.2, -0.15) is 0 Å². The normalized spacial score (nSPS) is 13.2. The van der Waals surface area contributed by atoms with Crippen LogP contribution >= 0.6 is 11.3 Å². The number of sulfonamides is 1. The molecule has 4 rings (SSSR count). The molecule has 1 aromatic heterocycles. The van der Waals surface area contributed by atoms with E-state index in [9.17, 15) is 8.42 Å². The van der Waals surface area contributed by atoms with Crippen LogP contribution in [0.5, 0.6) is 17.2 Å². The first-order valence-electron chi connectivity index (χ1n) is 8.49. The quantitative estimate of drug-likeness (QED) is 0.680. The fourth-order valence-electron chi connectivity index (χ4n) is 2.86. The Bertz CT molecular complexity index is 1130. The van der Waals surface area contributed by atoms with Gasteiger partial charge in [-0.3, -0.25) is 4.72 Å². The van der Waals surface area contributed by atoms with E-state index in [2.05, 4.69) is 9.71 Å². The Balaban J connectivity index is 1.70. The zero-order chi connectivity index (χ0) is 19.7. The average Bonchev–Trinajstić information content (AvgIpc) is 3.13. The van der Waals surface area contributed by atoms with Crippen molar-refractivity contribution in [2.45, 2.75) is 11.8 Å². The third kappa shape index (κ3) is 3.63. The summed E-state index contributed by atoms with van der Waals surface area (Å²) in [6.45, 7) is 2.79. The Morgan fingerprint density at radius 2 is 1.89 bits per heavy atom. The lowest BCUT2D eigenvalue weighted by Crippen LogP contribution is -2.17. The standard InChI is InChI=1S/C19H18N2O5S2/c1-12-20-15(11-27-12)13-3-5-17(24-2)19(9-13)28(22,23)21-14-4-6-16-18(10-14)26-8-7-25-16/h3-6,9-11,21H,7-8H2,1-2H3. The fourth-order valence-corrected chi connectivity index (χ4v) is 4.73. The summed E-state index contributed by atoms with van der Waals surface area (Å²) in [7, 11) is -2.47. The van der Waals surface area contributed by atoms with Gasteiger partial charge in [0.1, 0.15) is 23.9 Å². The number of thiazole rings is 1. The van der Waals surface area contributed by atoms with Crippen LogP contribution in [0.2, 0.25) is 0 Å². The van der Waals surface area contributed by atoms with Gasteiger partial charge in [0.15, 0.2) is 11.5 Å². The summed E-state index contributed by atoms with van der Waals surface area (Å²) in [5.74, 6) is 1.35. The monoisotopic (exact) mass is 418 g/mol. The van der Waals surface area contributed by atoms with E-state index in [1.165, 1.54) is 18.4 Å². The molecule has 3 aromatic rings. The van der Waals surface area contributed by atoms with Crippen LogP contribution in [-0.2, 0) is 10.0 Å². The molecule has 0 saturated carbocycles. The Hall–Kier alpha value is -2.78. The van der Waals surface area contributed by atoms with Crippen molar-refractivity contribution >= 4 is 27.0 Å². The molecule has 1 aliphatic heterocycles. The highest BCUT2D eigenvalue weighted by Gasteiger charge is 2.22. The molecule has 2 heterocycles. The molecule has 2 aromatic carbocycles. The fraction of sp³-hybridized carbons (Fsp3) is 0.211. The molecular formula is C19H18N2O5S2. The van der Waals surface area contributed by atoms with Gasteiger partial charge in [0.05, 0.1) is 23.5 Å². The van der Waals surface area contributed by atoms with Gasteiger partial charge in [-0.25, -0.2) is 13.4 Å². The average molecular weight is 418 g/mol. The summed E-state index contributed by atoms with van der Waals surface area (Å²) in [6, 6.07) is 9.89. The van der Waals surface area contributed by atoms with Gasteiger partial charge in [-0.15, -0.1) is 11.3 Å². The Morgan fingerprint density at radius 1 is 1.11 bits per heavy atom. The van der Waals surface area contributed by atoms with Crippen LogP contribution in [0.4, 0.5) is 5.69 Å². The molecule has 0 amide bonds. The Kier molecular flexibility index (Phi) is 4.86. The second kappa shape index (κ2) is 7.33. The van der Waals surface area contributed by atoms with Gasteiger partial charge >= 0.3 is 0 Å². The van der Waals surface area contributed by atoms with Crippen molar-refractivity contribution < 1.29 is 22.6 Å². The van der Waals surface area contributed by atoms with E-state index in [1.54, 1.807) is 36.4 Å². The third-order valence-corrected chi connectivity index (χ3v) is 6.34. The van der Waals surface area contributed by atoms with Crippen LogP contribution in [0, 0.1) is 6.92 Å². The molecule has 7 nitrogen and oxygen atoms in total. The molecule has 0 aliphatic carbocycles. The zero-order valence-corrected chi connectivity index (χ0v) is 16.9. The van der Waals surface area contributed by atoms with Crippen molar-refractivity contribution in [3.8, 4) is 28.5 Å². The second-order valence-corrected chi connectivity index (χ2v) is 8.79. The van der Waals surface area contributed by atoms with Crippen LogP contribution < -0.4 is 18.9 Å². The molecule has 0 unspecified atom stereocenters. The van der Waals surface area contributed by atoms with Gasteiger partial charge < -0.3 is 14.2 Å². The number of methoxy groups -OCH3 is 1. The van der Waals surface area contributed by atoms with Crippen LogP contribution in [0.25, 0.3) is 11.3 Å². The predicted octanol–water partition coefficient (Wildman–Crippen LogP) is 3.70. The highest BCUT2D eigenvalue weighted by atomic mass is 32.2. The predicted molar refractivity (Wildman–Crippen MR) is 107 cm³/mol. The van der Waals surface area contributed by atoms with Gasteiger partial charge in [0, 0.05) is 17.0 Å². The number of anilines is 1. The molecule has 0 atom stereocenters. The lowest BCUT2D eigenvalue weighted by molar-refractivity contribution is 0.171. The molecular weight excluding hydrogens is 400 g/mol. The highest BCUT2D eigenvalue weighted by molar-refractivity contribution is 7.92. The van der Waals surface area contributed by atoms with Gasteiger partial charge in [0.2, 0.25) is 0 Å². The van der Waals surface area contributed by atoms with E-state index in [0.29, 0.717) is 36.0 Å². The van der Waals surface area contributed by atoms with E-state index < -0.39 is 10.0 Å². The van der Waals surface area contributed by atoms with Crippen molar-refractivity contribution in [3.63, 3.8) is 0 Å². The minimum absolute atomic E-state index is 0.0352. The molecule has 0 fully saturated rings. The van der Waals surface area contributed by atoms with E-state index in [0.717, 1.165) is 10.7 Å². The number of rotatable bonds is 5. The summed E-state index contributed by atoms with van der Waals surface area (Å²) >= 11 is 1.51. The molecule has 0 spiro atoms. The zero-order valence-electron chi connectivity index (χ0n) is 15.3. The summed E-state index contributed by atoms with van der Waals surface area (Å²) in [5, 5.41) is 2.80. The van der Waals surface area contributed by atoms with Gasteiger partial charge in [-0.1, -0.05) is 0 Å². The maximum atomic E-state index is 13.1. The number of aryl methyl sites for hydroxylation is 1. The minimum atomic E-state index is -3.90. The number of nitrogens with one attached hydrogen (secondary N) is 1. The van der Waals surface area contributed by atoms with Crippen molar-refractivity contribution in [3.05, 3.63) is 46.8 Å².